The van der Waals surface area contributed by atoms with Gasteiger partial charge in [-0.25, -0.2) is 4.79 Å². The van der Waals surface area contributed by atoms with Crippen molar-refractivity contribution in [2.24, 2.45) is 5.92 Å². The lowest BCUT2D eigenvalue weighted by Crippen LogP contribution is -2.43. The first-order chi connectivity index (χ1) is 9.84. The highest BCUT2D eigenvalue weighted by Crippen LogP contribution is 2.31. The van der Waals surface area contributed by atoms with Gasteiger partial charge in [0.1, 0.15) is 6.54 Å². The third kappa shape index (κ3) is 3.07. The van der Waals surface area contributed by atoms with E-state index in [-0.39, 0.29) is 12.5 Å². The average molecular weight is 309 g/mol. The van der Waals surface area contributed by atoms with Crippen LogP contribution < -0.4 is 10.6 Å². The van der Waals surface area contributed by atoms with Gasteiger partial charge in [-0.05, 0) is 24.3 Å². The molecule has 1 saturated heterocycles. The Labute approximate surface area is 127 Å². The molecule has 0 saturated carbocycles. The van der Waals surface area contributed by atoms with E-state index in [0.717, 1.165) is 9.78 Å². The van der Waals surface area contributed by atoms with E-state index in [1.54, 1.807) is 13.0 Å². The van der Waals surface area contributed by atoms with E-state index in [2.05, 4.69) is 10.6 Å². The van der Waals surface area contributed by atoms with Crippen molar-refractivity contribution in [1.82, 2.24) is 15.5 Å². The lowest BCUT2D eigenvalue weighted by atomic mass is 10.0. The van der Waals surface area contributed by atoms with E-state index in [1.165, 1.54) is 11.3 Å². The van der Waals surface area contributed by atoms with Crippen LogP contribution in [0.1, 0.15) is 25.6 Å². The first-order valence-electron chi connectivity index (χ1n) is 6.79. The number of hydrogen-bond donors (Lipinski definition) is 2. The summed E-state index contributed by atoms with van der Waals surface area (Å²) in [5, 5.41) is 7.22. The number of nitrogens with zero attached hydrogens (tertiary/aromatic N) is 1. The minimum absolute atomic E-state index is 0.252. The molecule has 0 radical (unpaired) electrons. The molecule has 1 aromatic rings. The lowest BCUT2D eigenvalue weighted by Gasteiger charge is -2.20. The fraction of sp³-hybridized carbons (Fsp3) is 0.500. The zero-order valence-electron chi connectivity index (χ0n) is 12.3. The third-order valence-electron chi connectivity index (χ3n) is 3.30. The van der Waals surface area contributed by atoms with Crippen molar-refractivity contribution in [2.45, 2.75) is 26.3 Å². The second-order valence-corrected chi connectivity index (χ2v) is 6.57. The second kappa shape index (κ2) is 5.85. The molecule has 0 spiro atoms. The number of rotatable bonds is 5. The second-order valence-electron chi connectivity index (χ2n) is 5.62. The molecule has 2 rings (SSSR count). The largest absolute Gasteiger partial charge is 0.354 e. The normalized spacial score (nSPS) is 21.8. The van der Waals surface area contributed by atoms with Crippen LogP contribution in [0.4, 0.5) is 4.79 Å². The number of urea groups is 1. The van der Waals surface area contributed by atoms with Gasteiger partial charge < -0.3 is 10.6 Å². The SMILES string of the molecule is CC(C)CNC(=O)CN1C(=O)NC(C)(c2cccs2)C1=O. The van der Waals surface area contributed by atoms with Crippen LogP contribution in [0.15, 0.2) is 17.5 Å². The Balaban J connectivity index is 2.07. The lowest BCUT2D eigenvalue weighted by molar-refractivity contribution is -0.134. The van der Waals surface area contributed by atoms with Crippen LogP contribution in [-0.2, 0) is 15.1 Å². The van der Waals surface area contributed by atoms with E-state index in [4.69, 9.17) is 0 Å². The van der Waals surface area contributed by atoms with Gasteiger partial charge in [0.2, 0.25) is 5.91 Å². The number of carbonyl (C=O) groups excluding carboxylic acids is 3. The number of thiophene rings is 1. The molecular formula is C14H19N3O3S. The molecule has 7 heteroatoms. The zero-order chi connectivity index (χ0) is 15.6. The highest BCUT2D eigenvalue weighted by atomic mass is 32.1. The Morgan fingerprint density at radius 3 is 2.76 bits per heavy atom. The topological polar surface area (TPSA) is 78.5 Å². The van der Waals surface area contributed by atoms with Crippen LogP contribution in [0, 0.1) is 5.92 Å². The quantitative estimate of drug-likeness (QED) is 0.804. The van der Waals surface area contributed by atoms with Crippen molar-refractivity contribution in [2.75, 3.05) is 13.1 Å². The molecule has 4 amide bonds. The molecule has 2 heterocycles. The summed E-state index contributed by atoms with van der Waals surface area (Å²) in [6, 6.07) is 3.09. The third-order valence-corrected chi connectivity index (χ3v) is 4.39. The van der Waals surface area contributed by atoms with E-state index >= 15 is 0 Å². The van der Waals surface area contributed by atoms with Crippen molar-refractivity contribution < 1.29 is 14.4 Å². The molecule has 1 aliphatic rings. The average Bonchev–Trinajstić information content (AvgIpc) is 3.01. The molecule has 0 aromatic carbocycles. The van der Waals surface area contributed by atoms with Crippen LogP contribution >= 0.6 is 11.3 Å². The Morgan fingerprint density at radius 1 is 1.48 bits per heavy atom. The van der Waals surface area contributed by atoms with Crippen LogP contribution in [0.25, 0.3) is 0 Å². The summed E-state index contributed by atoms with van der Waals surface area (Å²) >= 11 is 1.40. The summed E-state index contributed by atoms with van der Waals surface area (Å²) in [5.41, 5.74) is -1.08. The van der Waals surface area contributed by atoms with Gasteiger partial charge in [-0.1, -0.05) is 19.9 Å². The van der Waals surface area contributed by atoms with Gasteiger partial charge in [0, 0.05) is 11.4 Å². The van der Waals surface area contributed by atoms with Gasteiger partial charge in [-0.2, -0.15) is 0 Å². The van der Waals surface area contributed by atoms with Gasteiger partial charge >= 0.3 is 6.03 Å². The minimum atomic E-state index is -1.08. The fourth-order valence-corrected chi connectivity index (χ4v) is 2.92. The van der Waals surface area contributed by atoms with Gasteiger partial charge in [0.15, 0.2) is 5.54 Å². The van der Waals surface area contributed by atoms with Gasteiger partial charge in [0.05, 0.1) is 0 Å². The highest BCUT2D eigenvalue weighted by molar-refractivity contribution is 7.10. The van der Waals surface area contributed by atoms with Gasteiger partial charge in [-0.15, -0.1) is 11.3 Å². The maximum absolute atomic E-state index is 12.5. The van der Waals surface area contributed by atoms with Crippen molar-refractivity contribution in [3.8, 4) is 0 Å². The fourth-order valence-electron chi connectivity index (χ4n) is 2.09. The van der Waals surface area contributed by atoms with Crippen molar-refractivity contribution in [1.29, 1.82) is 0 Å². The monoisotopic (exact) mass is 309 g/mol. The van der Waals surface area contributed by atoms with Crippen LogP contribution in [0.3, 0.4) is 0 Å². The molecule has 0 bridgehead atoms. The van der Waals surface area contributed by atoms with Crippen molar-refractivity contribution in [3.63, 3.8) is 0 Å². The highest BCUT2D eigenvalue weighted by Gasteiger charge is 2.50. The molecule has 114 valence electrons. The molecule has 0 aliphatic carbocycles. The predicted octanol–water partition coefficient (Wildman–Crippen LogP) is 1.29. The minimum Gasteiger partial charge on any atom is -0.354 e. The Bertz CT molecular complexity index is 556. The summed E-state index contributed by atoms with van der Waals surface area (Å²) in [6.45, 7) is 5.87. The number of carbonyl (C=O) groups is 3. The summed E-state index contributed by atoms with van der Waals surface area (Å²) in [5.74, 6) is -0.411. The van der Waals surface area contributed by atoms with E-state index in [9.17, 15) is 14.4 Å². The van der Waals surface area contributed by atoms with E-state index in [0.29, 0.717) is 12.5 Å². The predicted molar refractivity (Wildman–Crippen MR) is 79.8 cm³/mol. The maximum Gasteiger partial charge on any atom is 0.325 e. The number of hydrogen-bond acceptors (Lipinski definition) is 4. The first kappa shape index (κ1) is 15.5. The molecule has 6 nitrogen and oxygen atoms in total. The zero-order valence-corrected chi connectivity index (χ0v) is 13.1. The van der Waals surface area contributed by atoms with Crippen molar-refractivity contribution >= 4 is 29.2 Å². The van der Waals surface area contributed by atoms with Crippen LogP contribution in [0.5, 0.6) is 0 Å². The molecule has 1 aliphatic heterocycles. The Kier molecular flexibility index (Phi) is 4.32. The molecule has 1 atom stereocenters. The summed E-state index contributed by atoms with van der Waals surface area (Å²) in [4.78, 5) is 38.0. The van der Waals surface area contributed by atoms with E-state index < -0.39 is 17.5 Å². The van der Waals surface area contributed by atoms with Crippen molar-refractivity contribution in [3.05, 3.63) is 22.4 Å². The Hall–Kier alpha value is -1.89. The van der Waals surface area contributed by atoms with Gasteiger partial charge in [-0.3, -0.25) is 14.5 Å². The number of imide groups is 1. The van der Waals surface area contributed by atoms with Crippen LogP contribution in [-0.4, -0.2) is 35.8 Å². The smallest absolute Gasteiger partial charge is 0.325 e. The maximum atomic E-state index is 12.5. The molecular weight excluding hydrogens is 290 g/mol. The standard InChI is InChI=1S/C14H19N3O3S/c1-9(2)7-15-11(18)8-17-12(19)14(3,16-13(17)20)10-5-4-6-21-10/h4-6,9H,7-8H2,1-3H3,(H,15,18)(H,16,20). The molecule has 1 aromatic heterocycles. The molecule has 2 N–H and O–H groups in total. The molecule has 1 unspecified atom stereocenters. The number of amides is 4. The Morgan fingerprint density at radius 2 is 2.19 bits per heavy atom. The number of nitrogens with one attached hydrogen (secondary N) is 2. The van der Waals surface area contributed by atoms with Crippen LogP contribution in [0.2, 0.25) is 0 Å². The van der Waals surface area contributed by atoms with Gasteiger partial charge in [0.25, 0.3) is 5.91 Å². The van der Waals surface area contributed by atoms with E-state index in [1.807, 2.05) is 25.3 Å². The molecule has 1 fully saturated rings. The summed E-state index contributed by atoms with van der Waals surface area (Å²) in [7, 11) is 0. The first-order valence-corrected chi connectivity index (χ1v) is 7.67. The molecule has 21 heavy (non-hydrogen) atoms. The summed E-state index contributed by atoms with van der Waals surface area (Å²) in [6.07, 6.45) is 0. The summed E-state index contributed by atoms with van der Waals surface area (Å²) < 4.78 is 0.